The average molecular weight is 236 g/mol. The molecule has 0 aliphatic heterocycles. The maximum absolute atomic E-state index is 4.48. The van der Waals surface area contributed by atoms with Crippen molar-refractivity contribution in [2.45, 2.75) is 32.9 Å². The predicted molar refractivity (Wildman–Crippen MR) is 66.8 cm³/mol. The first-order chi connectivity index (χ1) is 7.78. The molecule has 2 heterocycles. The Morgan fingerprint density at radius 3 is 3.06 bits per heavy atom. The number of anilines is 1. The van der Waals surface area contributed by atoms with Crippen molar-refractivity contribution in [3.63, 3.8) is 0 Å². The summed E-state index contributed by atoms with van der Waals surface area (Å²) < 4.78 is 2.06. The first kappa shape index (κ1) is 11.1. The van der Waals surface area contributed by atoms with Crippen LogP contribution in [0.25, 0.3) is 0 Å². The van der Waals surface area contributed by atoms with Gasteiger partial charge in [0, 0.05) is 30.4 Å². The second kappa shape index (κ2) is 5.12. The molecule has 1 atom stereocenters. The highest BCUT2D eigenvalue weighted by Gasteiger charge is 2.05. The van der Waals surface area contributed by atoms with Gasteiger partial charge < -0.3 is 9.88 Å². The van der Waals surface area contributed by atoms with Crippen LogP contribution in [0.2, 0.25) is 0 Å². The van der Waals surface area contributed by atoms with Gasteiger partial charge in [-0.1, -0.05) is 6.92 Å². The van der Waals surface area contributed by atoms with E-state index in [2.05, 4.69) is 39.1 Å². The highest BCUT2D eigenvalue weighted by Crippen LogP contribution is 2.16. The summed E-state index contributed by atoms with van der Waals surface area (Å²) in [5.74, 6) is 0. The van der Waals surface area contributed by atoms with Crippen molar-refractivity contribution in [2.75, 3.05) is 5.32 Å². The van der Waals surface area contributed by atoms with E-state index in [1.807, 2.05) is 12.5 Å². The molecular weight excluding hydrogens is 220 g/mol. The van der Waals surface area contributed by atoms with Crippen molar-refractivity contribution < 1.29 is 0 Å². The lowest BCUT2D eigenvalue weighted by Gasteiger charge is -2.13. The van der Waals surface area contributed by atoms with E-state index in [-0.39, 0.29) is 0 Å². The fraction of sp³-hybridized carbons (Fsp3) is 0.455. The Balaban J connectivity index is 1.89. The molecule has 0 radical (unpaired) electrons. The molecule has 0 amide bonds. The number of imidazole rings is 1. The SMILES string of the molecule is CCc1csc(NC(C)Cn2ccnc2)n1. The number of aromatic nitrogens is 3. The molecule has 0 aliphatic rings. The van der Waals surface area contributed by atoms with Crippen molar-refractivity contribution in [3.05, 3.63) is 29.8 Å². The molecule has 1 unspecified atom stereocenters. The second-order valence-electron chi connectivity index (χ2n) is 3.80. The van der Waals surface area contributed by atoms with Crippen molar-refractivity contribution >= 4 is 16.5 Å². The van der Waals surface area contributed by atoms with Crippen LogP contribution < -0.4 is 5.32 Å². The van der Waals surface area contributed by atoms with Gasteiger partial charge in [-0.25, -0.2) is 9.97 Å². The summed E-state index contributed by atoms with van der Waals surface area (Å²) in [5.41, 5.74) is 1.15. The Labute approximate surface area is 99.4 Å². The maximum atomic E-state index is 4.48. The maximum Gasteiger partial charge on any atom is 0.183 e. The Hall–Kier alpha value is -1.36. The number of nitrogens with one attached hydrogen (secondary N) is 1. The van der Waals surface area contributed by atoms with Crippen molar-refractivity contribution in [1.29, 1.82) is 0 Å². The van der Waals surface area contributed by atoms with Crippen LogP contribution in [0.1, 0.15) is 19.5 Å². The number of aryl methyl sites for hydroxylation is 1. The van der Waals surface area contributed by atoms with Gasteiger partial charge >= 0.3 is 0 Å². The lowest BCUT2D eigenvalue weighted by Crippen LogP contribution is -2.21. The van der Waals surface area contributed by atoms with Crippen LogP contribution in [0.15, 0.2) is 24.1 Å². The number of hydrogen-bond acceptors (Lipinski definition) is 4. The highest BCUT2D eigenvalue weighted by atomic mass is 32.1. The zero-order valence-corrected chi connectivity index (χ0v) is 10.4. The van der Waals surface area contributed by atoms with E-state index in [1.54, 1.807) is 17.5 Å². The zero-order chi connectivity index (χ0) is 11.4. The van der Waals surface area contributed by atoms with Crippen LogP contribution in [0.3, 0.4) is 0 Å². The summed E-state index contributed by atoms with van der Waals surface area (Å²) >= 11 is 1.67. The molecule has 2 rings (SSSR count). The number of thiazole rings is 1. The van der Waals surface area contributed by atoms with Gasteiger partial charge in [0.05, 0.1) is 12.0 Å². The summed E-state index contributed by atoms with van der Waals surface area (Å²) in [4.78, 5) is 8.50. The zero-order valence-electron chi connectivity index (χ0n) is 9.55. The molecule has 0 saturated carbocycles. The largest absolute Gasteiger partial charge is 0.357 e. The van der Waals surface area contributed by atoms with Crippen LogP contribution in [0.4, 0.5) is 5.13 Å². The van der Waals surface area contributed by atoms with Gasteiger partial charge in [-0.15, -0.1) is 11.3 Å². The van der Waals surface area contributed by atoms with Crippen LogP contribution in [0, 0.1) is 0 Å². The van der Waals surface area contributed by atoms with Crippen molar-refractivity contribution in [3.8, 4) is 0 Å². The number of hydrogen-bond donors (Lipinski definition) is 1. The molecule has 0 fully saturated rings. The molecule has 5 heteroatoms. The van der Waals surface area contributed by atoms with Gasteiger partial charge in [0.15, 0.2) is 5.13 Å². The Kier molecular flexibility index (Phi) is 3.56. The van der Waals surface area contributed by atoms with E-state index in [0.29, 0.717) is 6.04 Å². The van der Waals surface area contributed by atoms with E-state index >= 15 is 0 Å². The first-order valence-corrected chi connectivity index (χ1v) is 6.32. The molecule has 4 nitrogen and oxygen atoms in total. The Morgan fingerprint density at radius 2 is 2.44 bits per heavy atom. The van der Waals surface area contributed by atoms with E-state index in [1.165, 1.54) is 0 Å². The third kappa shape index (κ3) is 2.82. The van der Waals surface area contributed by atoms with E-state index in [0.717, 1.165) is 23.8 Å². The summed E-state index contributed by atoms with van der Waals surface area (Å²) in [6, 6.07) is 0.352. The van der Waals surface area contributed by atoms with Gasteiger partial charge in [-0.2, -0.15) is 0 Å². The minimum atomic E-state index is 0.352. The quantitative estimate of drug-likeness (QED) is 0.867. The smallest absolute Gasteiger partial charge is 0.183 e. The van der Waals surface area contributed by atoms with Gasteiger partial charge in [-0.3, -0.25) is 0 Å². The van der Waals surface area contributed by atoms with Crippen molar-refractivity contribution in [1.82, 2.24) is 14.5 Å². The summed E-state index contributed by atoms with van der Waals surface area (Å²) in [5, 5.41) is 6.50. The predicted octanol–water partition coefficient (Wildman–Crippen LogP) is 2.40. The van der Waals surface area contributed by atoms with Crippen LogP contribution in [0.5, 0.6) is 0 Å². The third-order valence-electron chi connectivity index (χ3n) is 2.33. The summed E-state index contributed by atoms with van der Waals surface area (Å²) in [6.45, 7) is 5.17. The fourth-order valence-electron chi connectivity index (χ4n) is 1.50. The lowest BCUT2D eigenvalue weighted by molar-refractivity contribution is 0.618. The monoisotopic (exact) mass is 236 g/mol. The molecule has 2 aromatic rings. The topological polar surface area (TPSA) is 42.7 Å². The van der Waals surface area contributed by atoms with Gasteiger partial charge in [-0.05, 0) is 13.3 Å². The minimum absolute atomic E-state index is 0.352. The molecule has 0 bridgehead atoms. The molecule has 16 heavy (non-hydrogen) atoms. The molecule has 86 valence electrons. The van der Waals surface area contributed by atoms with Crippen LogP contribution >= 0.6 is 11.3 Å². The summed E-state index contributed by atoms with van der Waals surface area (Å²) in [7, 11) is 0. The van der Waals surface area contributed by atoms with Gasteiger partial charge in [0.2, 0.25) is 0 Å². The standard InChI is InChI=1S/C11H16N4S/c1-3-10-7-16-11(14-10)13-9(2)6-15-5-4-12-8-15/h4-5,7-9H,3,6H2,1-2H3,(H,13,14). The molecule has 0 aromatic carbocycles. The molecule has 2 aromatic heterocycles. The van der Waals surface area contributed by atoms with Crippen molar-refractivity contribution in [2.24, 2.45) is 0 Å². The van der Waals surface area contributed by atoms with Crippen LogP contribution in [-0.4, -0.2) is 20.6 Å². The molecular formula is C11H16N4S. The summed E-state index contributed by atoms with van der Waals surface area (Å²) in [6.07, 6.45) is 6.59. The second-order valence-corrected chi connectivity index (χ2v) is 4.66. The fourth-order valence-corrected chi connectivity index (χ4v) is 2.41. The van der Waals surface area contributed by atoms with Gasteiger partial charge in [0.1, 0.15) is 0 Å². The van der Waals surface area contributed by atoms with Crippen LogP contribution in [-0.2, 0) is 13.0 Å². The van der Waals surface area contributed by atoms with E-state index in [4.69, 9.17) is 0 Å². The molecule has 0 spiro atoms. The Morgan fingerprint density at radius 1 is 1.56 bits per heavy atom. The molecule has 0 saturated heterocycles. The Bertz CT molecular complexity index is 421. The van der Waals surface area contributed by atoms with E-state index in [9.17, 15) is 0 Å². The highest BCUT2D eigenvalue weighted by molar-refractivity contribution is 7.13. The number of nitrogens with zero attached hydrogens (tertiary/aromatic N) is 3. The third-order valence-corrected chi connectivity index (χ3v) is 3.15. The molecule has 1 N–H and O–H groups in total. The van der Waals surface area contributed by atoms with Gasteiger partial charge in [0.25, 0.3) is 0 Å². The minimum Gasteiger partial charge on any atom is -0.357 e. The normalized spacial score (nSPS) is 12.6. The first-order valence-electron chi connectivity index (χ1n) is 5.44. The number of rotatable bonds is 5. The molecule has 0 aliphatic carbocycles. The average Bonchev–Trinajstić information content (AvgIpc) is 2.89. The lowest BCUT2D eigenvalue weighted by atomic mass is 10.3. The van der Waals surface area contributed by atoms with E-state index < -0.39 is 0 Å².